The van der Waals surface area contributed by atoms with Crippen molar-refractivity contribution in [1.82, 2.24) is 15.2 Å². The van der Waals surface area contributed by atoms with Gasteiger partial charge in [-0.2, -0.15) is 5.10 Å². The van der Waals surface area contributed by atoms with Gasteiger partial charge in [0, 0.05) is 5.39 Å². The van der Waals surface area contributed by atoms with E-state index in [0.717, 1.165) is 5.39 Å². The largest absolute Gasteiger partial charge is 0.403 e. The lowest BCUT2D eigenvalue weighted by atomic mass is 10.1. The van der Waals surface area contributed by atoms with Gasteiger partial charge >= 0.3 is 5.63 Å². The molecule has 3 aromatic carbocycles. The second kappa shape index (κ2) is 6.72. The highest BCUT2D eigenvalue weighted by atomic mass is 16.4. The molecular formula is C22H14N4O3. The minimum Gasteiger partial charge on any atom is -0.403 e. The van der Waals surface area contributed by atoms with Gasteiger partial charge in [-0.1, -0.05) is 36.4 Å². The number of rotatable bonds is 3. The number of aromatic nitrogens is 3. The van der Waals surface area contributed by atoms with Crippen LogP contribution in [0.1, 0.15) is 10.4 Å². The number of aromatic amines is 1. The number of para-hydroxylation sites is 3. The van der Waals surface area contributed by atoms with E-state index in [1.54, 1.807) is 66.9 Å². The topological polar surface area (TPSA) is 101 Å². The zero-order chi connectivity index (χ0) is 19.8. The zero-order valence-electron chi connectivity index (χ0n) is 15.0. The Morgan fingerprint density at radius 1 is 0.966 bits per heavy atom. The van der Waals surface area contributed by atoms with Crippen LogP contribution in [0.4, 0.5) is 5.69 Å². The molecule has 2 heterocycles. The molecule has 0 bridgehead atoms. The fourth-order valence-electron chi connectivity index (χ4n) is 3.26. The van der Waals surface area contributed by atoms with E-state index in [1.807, 2.05) is 6.07 Å². The van der Waals surface area contributed by atoms with E-state index in [2.05, 4.69) is 20.5 Å². The standard InChI is InChI=1S/C22H14N4O3/c27-20(16-9-5-6-13-12-23-26-19(13)16)24-17-10-3-1-7-14(17)21-25-18-11-4-2-8-15(18)22(28)29-21/h1-12H,(H,23,26)(H,24,27). The Morgan fingerprint density at radius 3 is 2.72 bits per heavy atom. The van der Waals surface area contributed by atoms with Crippen molar-refractivity contribution in [3.63, 3.8) is 0 Å². The average molecular weight is 382 g/mol. The van der Waals surface area contributed by atoms with Gasteiger partial charge in [0.1, 0.15) is 0 Å². The van der Waals surface area contributed by atoms with E-state index in [1.165, 1.54) is 0 Å². The summed E-state index contributed by atoms with van der Waals surface area (Å²) in [4.78, 5) is 29.7. The number of hydrogen-bond donors (Lipinski definition) is 2. The van der Waals surface area contributed by atoms with Gasteiger partial charge in [-0.05, 0) is 30.3 Å². The lowest BCUT2D eigenvalue weighted by Gasteiger charge is -2.10. The van der Waals surface area contributed by atoms with Crippen LogP contribution in [0.3, 0.4) is 0 Å². The minimum atomic E-state index is -0.478. The summed E-state index contributed by atoms with van der Waals surface area (Å²) < 4.78 is 5.43. The molecule has 0 saturated carbocycles. The van der Waals surface area contributed by atoms with Crippen LogP contribution in [0, 0.1) is 0 Å². The van der Waals surface area contributed by atoms with Crippen LogP contribution in [-0.4, -0.2) is 21.1 Å². The summed E-state index contributed by atoms with van der Waals surface area (Å²) in [6.07, 6.45) is 1.66. The Hall–Kier alpha value is -4.26. The summed E-state index contributed by atoms with van der Waals surface area (Å²) in [7, 11) is 0. The van der Waals surface area contributed by atoms with Crippen molar-refractivity contribution in [2.75, 3.05) is 5.32 Å². The first-order valence-corrected chi connectivity index (χ1v) is 8.93. The Bertz CT molecular complexity index is 1440. The number of carbonyl (C=O) groups excluding carboxylic acids is 1. The van der Waals surface area contributed by atoms with Crippen molar-refractivity contribution in [3.05, 3.63) is 88.9 Å². The molecule has 0 aliphatic rings. The van der Waals surface area contributed by atoms with Crippen LogP contribution >= 0.6 is 0 Å². The predicted octanol–water partition coefficient (Wildman–Crippen LogP) is 3.98. The molecule has 5 rings (SSSR count). The number of H-pyrrole nitrogens is 1. The van der Waals surface area contributed by atoms with Crippen LogP contribution in [0.2, 0.25) is 0 Å². The number of hydrogen-bond acceptors (Lipinski definition) is 5. The summed E-state index contributed by atoms with van der Waals surface area (Å²) in [5.41, 5.74) is 2.16. The van der Waals surface area contributed by atoms with Gasteiger partial charge in [0.2, 0.25) is 5.89 Å². The zero-order valence-corrected chi connectivity index (χ0v) is 15.0. The molecule has 0 unspecified atom stereocenters. The first kappa shape index (κ1) is 16.9. The third-order valence-corrected chi connectivity index (χ3v) is 4.66. The van der Waals surface area contributed by atoms with Crippen LogP contribution < -0.4 is 10.9 Å². The van der Waals surface area contributed by atoms with Crippen molar-refractivity contribution >= 4 is 33.4 Å². The van der Waals surface area contributed by atoms with Crippen molar-refractivity contribution < 1.29 is 9.21 Å². The number of carbonyl (C=O) groups is 1. The van der Waals surface area contributed by atoms with E-state index in [-0.39, 0.29) is 11.8 Å². The highest BCUT2D eigenvalue weighted by Gasteiger charge is 2.16. The lowest BCUT2D eigenvalue weighted by Crippen LogP contribution is -2.13. The first-order chi connectivity index (χ1) is 14.2. The molecule has 0 fully saturated rings. The summed E-state index contributed by atoms with van der Waals surface area (Å²) in [5, 5.41) is 11.0. The third kappa shape index (κ3) is 2.94. The fraction of sp³-hybridized carbons (Fsp3) is 0. The Balaban J connectivity index is 1.58. The summed E-state index contributed by atoms with van der Waals surface area (Å²) in [5.74, 6) is -0.167. The predicted molar refractivity (Wildman–Crippen MR) is 110 cm³/mol. The van der Waals surface area contributed by atoms with Crippen molar-refractivity contribution in [1.29, 1.82) is 0 Å². The van der Waals surface area contributed by atoms with Crippen LogP contribution in [-0.2, 0) is 0 Å². The highest BCUT2D eigenvalue weighted by Crippen LogP contribution is 2.28. The molecule has 7 heteroatoms. The SMILES string of the molecule is O=C(Nc1ccccc1-c1nc2ccccc2c(=O)o1)c1cccc2cn[nH]c12. The lowest BCUT2D eigenvalue weighted by molar-refractivity contribution is 0.102. The maximum atomic E-state index is 12.9. The minimum absolute atomic E-state index is 0.143. The van der Waals surface area contributed by atoms with Gasteiger partial charge in [0.15, 0.2) is 0 Å². The molecule has 5 aromatic rings. The molecule has 7 nitrogen and oxygen atoms in total. The van der Waals surface area contributed by atoms with E-state index in [4.69, 9.17) is 4.42 Å². The average Bonchev–Trinajstić information content (AvgIpc) is 3.23. The maximum absolute atomic E-state index is 12.9. The first-order valence-electron chi connectivity index (χ1n) is 8.93. The number of amides is 1. The summed E-state index contributed by atoms with van der Waals surface area (Å²) in [6, 6.07) is 19.4. The van der Waals surface area contributed by atoms with E-state index >= 15 is 0 Å². The molecule has 29 heavy (non-hydrogen) atoms. The van der Waals surface area contributed by atoms with Crippen LogP contribution in [0.15, 0.2) is 82.1 Å². The molecule has 2 N–H and O–H groups in total. The Kier molecular flexibility index (Phi) is 3.91. The molecule has 0 saturated heterocycles. The molecule has 0 aliphatic carbocycles. The van der Waals surface area contributed by atoms with Gasteiger partial charge in [0.05, 0.1) is 39.4 Å². The molecule has 0 atom stereocenters. The molecule has 0 aliphatic heterocycles. The number of nitrogens with zero attached hydrogens (tertiary/aromatic N) is 2. The van der Waals surface area contributed by atoms with Gasteiger partial charge in [-0.15, -0.1) is 0 Å². The number of fused-ring (bicyclic) bond motifs is 2. The number of anilines is 1. The fourth-order valence-corrected chi connectivity index (χ4v) is 3.26. The second-order valence-electron chi connectivity index (χ2n) is 6.46. The molecule has 0 radical (unpaired) electrons. The normalized spacial score (nSPS) is 11.0. The van der Waals surface area contributed by atoms with E-state index in [0.29, 0.717) is 33.2 Å². The quantitative estimate of drug-likeness (QED) is 0.491. The van der Waals surface area contributed by atoms with Gasteiger partial charge in [-0.25, -0.2) is 9.78 Å². The number of nitrogens with one attached hydrogen (secondary N) is 2. The van der Waals surface area contributed by atoms with Gasteiger partial charge in [0.25, 0.3) is 5.91 Å². The maximum Gasteiger partial charge on any atom is 0.347 e. The molecular weight excluding hydrogens is 368 g/mol. The van der Waals surface area contributed by atoms with Crippen molar-refractivity contribution in [2.45, 2.75) is 0 Å². The Morgan fingerprint density at radius 2 is 1.79 bits per heavy atom. The summed E-state index contributed by atoms with van der Waals surface area (Å²) >= 11 is 0. The van der Waals surface area contributed by atoms with Crippen molar-refractivity contribution in [3.8, 4) is 11.5 Å². The highest BCUT2D eigenvalue weighted by molar-refractivity contribution is 6.12. The Labute approximate surface area is 164 Å². The second-order valence-corrected chi connectivity index (χ2v) is 6.46. The van der Waals surface area contributed by atoms with Gasteiger partial charge in [-0.3, -0.25) is 9.89 Å². The molecule has 0 spiro atoms. The monoisotopic (exact) mass is 382 g/mol. The van der Waals surface area contributed by atoms with E-state index in [9.17, 15) is 9.59 Å². The van der Waals surface area contributed by atoms with Crippen molar-refractivity contribution in [2.24, 2.45) is 0 Å². The van der Waals surface area contributed by atoms with E-state index < -0.39 is 5.63 Å². The molecule has 2 aromatic heterocycles. The van der Waals surface area contributed by atoms with Gasteiger partial charge < -0.3 is 9.73 Å². The van der Waals surface area contributed by atoms with Crippen LogP contribution in [0.25, 0.3) is 33.3 Å². The number of benzene rings is 3. The van der Waals surface area contributed by atoms with Crippen LogP contribution in [0.5, 0.6) is 0 Å². The summed E-state index contributed by atoms with van der Waals surface area (Å²) in [6.45, 7) is 0. The smallest absolute Gasteiger partial charge is 0.347 e. The molecule has 1 amide bonds. The third-order valence-electron chi connectivity index (χ3n) is 4.66. The molecule has 140 valence electrons.